The summed E-state index contributed by atoms with van der Waals surface area (Å²) < 4.78 is 55.3. The fourth-order valence-electron chi connectivity index (χ4n) is 3.61. The number of methoxy groups -OCH3 is 1. The Morgan fingerprint density at radius 3 is 2.19 bits per heavy atom. The van der Waals surface area contributed by atoms with E-state index in [2.05, 4.69) is 15.6 Å². The Morgan fingerprint density at radius 1 is 1.12 bits per heavy atom. The van der Waals surface area contributed by atoms with Crippen LogP contribution in [-0.2, 0) is 20.9 Å². The van der Waals surface area contributed by atoms with E-state index in [0.717, 1.165) is 17.7 Å². The number of alkyl halides is 3. The zero-order valence-corrected chi connectivity index (χ0v) is 23.6. The molecule has 43 heavy (non-hydrogen) atoms. The molecule has 0 saturated carbocycles. The number of nitrogens with zero attached hydrogens (tertiary/aromatic N) is 2. The van der Waals surface area contributed by atoms with Crippen molar-refractivity contribution in [2.24, 2.45) is 0 Å². The van der Waals surface area contributed by atoms with Crippen LogP contribution in [-0.4, -0.2) is 79.9 Å². The van der Waals surface area contributed by atoms with Gasteiger partial charge in [-0.15, -0.1) is 0 Å². The third-order valence-electron chi connectivity index (χ3n) is 5.59. The van der Waals surface area contributed by atoms with E-state index in [9.17, 15) is 27.2 Å². The second-order valence-electron chi connectivity index (χ2n) is 8.58. The zero-order chi connectivity index (χ0) is 32.1. The van der Waals surface area contributed by atoms with Crippen LogP contribution < -0.4 is 16.0 Å². The number of pyridine rings is 1. The van der Waals surface area contributed by atoms with Crippen molar-refractivity contribution in [3.63, 3.8) is 0 Å². The smallest absolute Gasteiger partial charge is 0.410 e. The fraction of sp³-hybridized carbons (Fsp3) is 0.310. The van der Waals surface area contributed by atoms with Crippen molar-refractivity contribution in [1.29, 1.82) is 0 Å². The minimum atomic E-state index is -4.48. The van der Waals surface area contributed by atoms with Gasteiger partial charge in [-0.3, -0.25) is 4.79 Å². The highest BCUT2D eigenvalue weighted by atomic mass is 19.4. The number of nitrogens with one attached hydrogen (secondary N) is 3. The Balaban J connectivity index is 0.000000362. The molecule has 2 heterocycles. The number of carbonyl (C=O) groups is 3. The molecule has 1 aromatic heterocycles. The van der Waals surface area contributed by atoms with E-state index in [1.54, 1.807) is 37.4 Å². The molecule has 4 rings (SSSR count). The normalized spacial score (nSPS) is 14.3. The highest BCUT2D eigenvalue weighted by Crippen LogP contribution is 2.30. The molecular weight excluding hydrogens is 574 g/mol. The Hall–Kier alpha value is -4.56. The number of aromatic nitrogens is 1. The Morgan fingerprint density at radius 2 is 1.72 bits per heavy atom. The van der Waals surface area contributed by atoms with Gasteiger partial charge >= 0.3 is 12.2 Å². The molecule has 2 aromatic carbocycles. The first-order valence-electron chi connectivity index (χ1n) is 12.8. The highest BCUT2D eigenvalue weighted by molar-refractivity contribution is 5.77. The number of hydrogen-bond donors (Lipinski definition) is 4. The first kappa shape index (κ1) is 36.5. The number of hydrogen-bond acceptors (Lipinski definition) is 7. The van der Waals surface area contributed by atoms with Gasteiger partial charge in [0.1, 0.15) is 24.0 Å². The van der Waals surface area contributed by atoms with Gasteiger partial charge in [-0.2, -0.15) is 13.2 Å². The lowest BCUT2D eigenvalue weighted by Gasteiger charge is -2.27. The minimum Gasteiger partial charge on any atom is -0.483 e. The summed E-state index contributed by atoms with van der Waals surface area (Å²) in [6, 6.07) is 18.0. The first-order chi connectivity index (χ1) is 20.6. The van der Waals surface area contributed by atoms with Crippen LogP contribution in [0, 0.1) is 5.82 Å². The molecule has 3 aromatic rings. The molecule has 1 saturated heterocycles. The predicted octanol–water partition coefficient (Wildman–Crippen LogP) is 4.27. The molecule has 14 heteroatoms. The van der Waals surface area contributed by atoms with Crippen molar-refractivity contribution in [3.8, 4) is 0 Å². The molecule has 234 valence electrons. The molecule has 2 amide bonds. The van der Waals surface area contributed by atoms with Gasteiger partial charge in [0.05, 0.1) is 25.7 Å². The lowest BCUT2D eigenvalue weighted by atomic mass is 10.1. The molecule has 0 spiro atoms. The van der Waals surface area contributed by atoms with Crippen molar-refractivity contribution in [1.82, 2.24) is 20.5 Å². The molecular formula is C29H35F4N5O5. The number of carbonyl (C=O) groups excluding carboxylic acids is 2. The van der Waals surface area contributed by atoms with Crippen molar-refractivity contribution in [2.75, 3.05) is 39.2 Å². The van der Waals surface area contributed by atoms with Gasteiger partial charge in [0, 0.05) is 26.9 Å². The number of halogens is 4. The van der Waals surface area contributed by atoms with Crippen LogP contribution in [0.1, 0.15) is 17.2 Å². The molecule has 2 unspecified atom stereocenters. The number of ether oxygens (including phenoxy) is 1. The Kier molecular flexibility index (Phi) is 17.2. The lowest BCUT2D eigenvalue weighted by Crippen LogP contribution is -2.40. The Labute approximate surface area is 247 Å². The maximum atomic E-state index is 12.8. The van der Waals surface area contributed by atoms with Gasteiger partial charge in [-0.1, -0.05) is 48.5 Å². The summed E-state index contributed by atoms with van der Waals surface area (Å²) >= 11 is 0. The van der Waals surface area contributed by atoms with Gasteiger partial charge in [0.2, 0.25) is 0 Å². The van der Waals surface area contributed by atoms with Crippen LogP contribution in [0.2, 0.25) is 0 Å². The topological polar surface area (TPSA) is 133 Å². The third-order valence-corrected chi connectivity index (χ3v) is 5.59. The monoisotopic (exact) mass is 609 g/mol. The quantitative estimate of drug-likeness (QED) is 0.161. The van der Waals surface area contributed by atoms with E-state index in [1.165, 1.54) is 31.0 Å². The molecule has 4 N–H and O–H groups in total. The maximum absolute atomic E-state index is 12.8. The number of aldehydes is 1. The van der Waals surface area contributed by atoms with Gasteiger partial charge in [-0.05, 0) is 35.4 Å². The summed E-state index contributed by atoms with van der Waals surface area (Å²) in [5.74, 6) is 0.382. The van der Waals surface area contributed by atoms with Crippen LogP contribution in [0.25, 0.3) is 0 Å². The summed E-state index contributed by atoms with van der Waals surface area (Å²) in [6.07, 6.45) is -2.08. The van der Waals surface area contributed by atoms with Gasteiger partial charge in [-0.25, -0.2) is 14.2 Å². The van der Waals surface area contributed by atoms with Crippen LogP contribution in [0.5, 0.6) is 0 Å². The maximum Gasteiger partial charge on any atom is 0.410 e. The van der Waals surface area contributed by atoms with Crippen LogP contribution in [0.4, 0.5) is 28.2 Å². The molecule has 0 radical (unpaired) electrons. The summed E-state index contributed by atoms with van der Waals surface area (Å²) in [6.45, 7) is 0.577. The largest absolute Gasteiger partial charge is 0.483 e. The number of urea groups is 1. The van der Waals surface area contributed by atoms with Crippen molar-refractivity contribution < 1.29 is 41.8 Å². The van der Waals surface area contributed by atoms with Crippen LogP contribution in [0.15, 0.2) is 79.0 Å². The van der Waals surface area contributed by atoms with E-state index >= 15 is 0 Å². The second-order valence-corrected chi connectivity index (χ2v) is 8.58. The molecule has 1 aliphatic rings. The number of carboxylic acid groups (broad SMARTS) is 1. The third kappa shape index (κ3) is 14.3. The molecule has 1 fully saturated rings. The van der Waals surface area contributed by atoms with Crippen molar-refractivity contribution >= 4 is 24.6 Å². The Bertz CT molecular complexity index is 1210. The number of rotatable bonds is 9. The first-order valence-corrected chi connectivity index (χ1v) is 12.8. The average Bonchev–Trinajstić information content (AvgIpc) is 3.40. The molecule has 2 atom stereocenters. The molecule has 0 bridgehead atoms. The lowest BCUT2D eigenvalue weighted by molar-refractivity contribution is -0.150. The van der Waals surface area contributed by atoms with Gasteiger partial charge in [0.25, 0.3) is 6.47 Å². The van der Waals surface area contributed by atoms with Gasteiger partial charge < -0.3 is 35.5 Å². The summed E-state index contributed by atoms with van der Waals surface area (Å²) in [5, 5.41) is 14.7. The standard InChI is InChI=1S/C13H17F3N4O2.C9H11NO.C6H5F.CH2O2/c1-17-11-5-8(3-4-18-11)9(7-22-2)20-6-10(13(14,15)16)19-12(20)21;11-7-6-10-8-9-4-2-1-3-5-9;7-6-4-2-1-3-5-6;2-1-3/h3-5,9-10H,6-7H2,1-2H3,(H,17,18)(H,19,21);1-5,7,10H,6,8H2;1-5H;1H,(H,2,3). The molecule has 1 aliphatic heterocycles. The molecule has 0 aliphatic carbocycles. The van der Waals surface area contributed by atoms with Gasteiger partial charge in [0.15, 0.2) is 0 Å². The average molecular weight is 610 g/mol. The summed E-state index contributed by atoms with van der Waals surface area (Å²) in [4.78, 5) is 35.4. The number of amides is 2. The highest BCUT2D eigenvalue weighted by Gasteiger charge is 2.48. The minimum absolute atomic E-state index is 0.0885. The number of anilines is 1. The second kappa shape index (κ2) is 20.3. The van der Waals surface area contributed by atoms with Crippen molar-refractivity contribution in [2.45, 2.75) is 24.8 Å². The van der Waals surface area contributed by atoms with E-state index in [1.807, 2.05) is 35.6 Å². The summed E-state index contributed by atoms with van der Waals surface area (Å²) in [7, 11) is 3.11. The molecule has 10 nitrogen and oxygen atoms in total. The van der Waals surface area contributed by atoms with Crippen LogP contribution >= 0.6 is 0 Å². The summed E-state index contributed by atoms with van der Waals surface area (Å²) in [5.41, 5.74) is 1.86. The van der Waals surface area contributed by atoms with E-state index in [0.29, 0.717) is 17.9 Å². The predicted molar refractivity (Wildman–Crippen MR) is 153 cm³/mol. The SMILES string of the molecule is CNc1cc(C(COC)N2CC(C(F)(F)F)NC2=O)ccn1.Fc1ccccc1.O=CCNCc1ccccc1.O=CO. The number of benzene rings is 2. The zero-order valence-electron chi connectivity index (χ0n) is 23.6. The van der Waals surface area contributed by atoms with E-state index in [4.69, 9.17) is 14.6 Å². The fourth-order valence-corrected chi connectivity index (χ4v) is 3.61. The van der Waals surface area contributed by atoms with E-state index in [-0.39, 0.29) is 18.9 Å². The van der Waals surface area contributed by atoms with Crippen LogP contribution in [0.3, 0.4) is 0 Å². The van der Waals surface area contributed by atoms with Crippen molar-refractivity contribution in [3.05, 3.63) is 95.9 Å². The van der Waals surface area contributed by atoms with E-state index < -0.39 is 30.8 Å².